The lowest BCUT2D eigenvalue weighted by Gasteiger charge is -2.35. The lowest BCUT2D eigenvalue weighted by Crippen LogP contribution is -2.49. The van der Waals surface area contributed by atoms with Crippen LogP contribution in [-0.4, -0.2) is 39.1 Å². The molecule has 1 amide bonds. The molecule has 110 valence electrons. The summed E-state index contributed by atoms with van der Waals surface area (Å²) in [7, 11) is 1.40. The molecule has 1 unspecified atom stereocenters. The van der Waals surface area contributed by atoms with E-state index in [4.69, 9.17) is 5.73 Å². The number of likely N-dealkylation sites (tertiary alicyclic amines) is 1. The number of rotatable bonds is 3. The fourth-order valence-electron chi connectivity index (χ4n) is 2.55. The van der Waals surface area contributed by atoms with Crippen molar-refractivity contribution in [2.45, 2.75) is 31.8 Å². The van der Waals surface area contributed by atoms with Gasteiger partial charge >= 0.3 is 5.69 Å². The lowest BCUT2D eigenvalue weighted by molar-refractivity contribution is -0.135. The van der Waals surface area contributed by atoms with Crippen LogP contribution in [0.1, 0.15) is 19.3 Å². The summed E-state index contributed by atoms with van der Waals surface area (Å²) < 4.78 is 2.25. The van der Waals surface area contributed by atoms with Gasteiger partial charge in [-0.05, 0) is 19.3 Å². The summed E-state index contributed by atoms with van der Waals surface area (Å²) in [6, 6.07) is 1.34. The Kier molecular flexibility index (Phi) is 4.39. The summed E-state index contributed by atoms with van der Waals surface area (Å²) in [4.78, 5) is 37.3. The fraction of sp³-hybridized carbons (Fsp3) is 0.615. The van der Waals surface area contributed by atoms with Crippen LogP contribution in [0.15, 0.2) is 21.9 Å². The molecule has 2 N–H and O–H groups in total. The number of nitrogens with zero attached hydrogens (tertiary/aromatic N) is 3. The Morgan fingerprint density at radius 2 is 2.15 bits per heavy atom. The number of hydrogen-bond donors (Lipinski definition) is 1. The maximum absolute atomic E-state index is 12.3. The highest BCUT2D eigenvalue weighted by atomic mass is 16.2. The van der Waals surface area contributed by atoms with Crippen molar-refractivity contribution in [3.05, 3.63) is 33.1 Å². The maximum Gasteiger partial charge on any atom is 0.331 e. The Balaban J connectivity index is 2.17. The third-order valence-electron chi connectivity index (χ3n) is 3.79. The highest BCUT2D eigenvalue weighted by Gasteiger charge is 2.25. The SMILES string of the molecule is Cn1c(=O)ccn(CC(=O)N2CCCCC2CN)c1=O. The predicted octanol–water partition coefficient (Wildman–Crippen LogP) is -1.11. The quantitative estimate of drug-likeness (QED) is 0.760. The van der Waals surface area contributed by atoms with E-state index in [9.17, 15) is 14.4 Å². The van der Waals surface area contributed by atoms with Gasteiger partial charge in [-0.15, -0.1) is 0 Å². The minimum Gasteiger partial charge on any atom is -0.337 e. The van der Waals surface area contributed by atoms with E-state index in [1.54, 1.807) is 4.90 Å². The molecule has 7 heteroatoms. The first-order valence-electron chi connectivity index (χ1n) is 6.80. The van der Waals surface area contributed by atoms with Crippen molar-refractivity contribution in [3.63, 3.8) is 0 Å². The van der Waals surface area contributed by atoms with Gasteiger partial charge in [-0.2, -0.15) is 0 Å². The number of amides is 1. The first-order valence-corrected chi connectivity index (χ1v) is 6.80. The van der Waals surface area contributed by atoms with Gasteiger partial charge in [0.25, 0.3) is 5.56 Å². The molecule has 1 atom stereocenters. The van der Waals surface area contributed by atoms with Gasteiger partial charge in [0.15, 0.2) is 0 Å². The van der Waals surface area contributed by atoms with Crippen molar-refractivity contribution in [3.8, 4) is 0 Å². The predicted molar refractivity (Wildman–Crippen MR) is 74.3 cm³/mol. The normalized spacial score (nSPS) is 19.1. The highest BCUT2D eigenvalue weighted by molar-refractivity contribution is 5.76. The molecule has 0 saturated carbocycles. The standard InChI is InChI=1S/C13H20N4O3/c1-15-11(18)5-7-16(13(15)20)9-12(19)17-6-3-2-4-10(17)8-14/h5,7,10H,2-4,6,8-9,14H2,1H3. The van der Waals surface area contributed by atoms with Crippen LogP contribution < -0.4 is 17.0 Å². The van der Waals surface area contributed by atoms with Gasteiger partial charge in [-0.3, -0.25) is 18.7 Å². The van der Waals surface area contributed by atoms with Crippen LogP contribution in [0.5, 0.6) is 0 Å². The molecule has 1 saturated heterocycles. The van der Waals surface area contributed by atoms with Crippen LogP contribution >= 0.6 is 0 Å². The number of carbonyl (C=O) groups is 1. The van der Waals surface area contributed by atoms with Crippen molar-refractivity contribution < 1.29 is 4.79 Å². The molecule has 0 spiro atoms. The second-order valence-corrected chi connectivity index (χ2v) is 5.10. The average molecular weight is 280 g/mol. The van der Waals surface area contributed by atoms with Gasteiger partial charge in [-0.1, -0.05) is 0 Å². The summed E-state index contributed by atoms with van der Waals surface area (Å²) in [5.41, 5.74) is 4.83. The molecule has 2 heterocycles. The van der Waals surface area contributed by atoms with E-state index >= 15 is 0 Å². The summed E-state index contributed by atoms with van der Waals surface area (Å²) in [5, 5.41) is 0. The molecule has 0 radical (unpaired) electrons. The van der Waals surface area contributed by atoms with Crippen molar-refractivity contribution in [2.24, 2.45) is 12.8 Å². The Labute approximate surface area is 116 Å². The second-order valence-electron chi connectivity index (χ2n) is 5.10. The van der Waals surface area contributed by atoms with E-state index in [2.05, 4.69) is 0 Å². The molecule has 1 aromatic heterocycles. The van der Waals surface area contributed by atoms with E-state index in [0.717, 1.165) is 23.8 Å². The van der Waals surface area contributed by atoms with Crippen LogP contribution in [0.25, 0.3) is 0 Å². The number of aromatic nitrogens is 2. The van der Waals surface area contributed by atoms with E-state index in [-0.39, 0.29) is 24.1 Å². The third kappa shape index (κ3) is 2.82. The van der Waals surface area contributed by atoms with Gasteiger partial charge in [0.2, 0.25) is 5.91 Å². The molecular weight excluding hydrogens is 260 g/mol. The summed E-state index contributed by atoms with van der Waals surface area (Å²) >= 11 is 0. The van der Waals surface area contributed by atoms with Crippen LogP contribution in [0.4, 0.5) is 0 Å². The minimum atomic E-state index is -0.479. The summed E-state index contributed by atoms with van der Waals surface area (Å²) in [6.45, 7) is 1.07. The fourth-order valence-corrected chi connectivity index (χ4v) is 2.55. The van der Waals surface area contributed by atoms with Crippen molar-refractivity contribution >= 4 is 5.91 Å². The van der Waals surface area contributed by atoms with Gasteiger partial charge < -0.3 is 10.6 Å². The highest BCUT2D eigenvalue weighted by Crippen LogP contribution is 2.16. The van der Waals surface area contributed by atoms with Crippen molar-refractivity contribution in [1.29, 1.82) is 0 Å². The zero-order valence-corrected chi connectivity index (χ0v) is 11.6. The van der Waals surface area contributed by atoms with Crippen LogP contribution in [0.3, 0.4) is 0 Å². The lowest BCUT2D eigenvalue weighted by atomic mass is 10.0. The van der Waals surface area contributed by atoms with Gasteiger partial charge in [0.05, 0.1) is 0 Å². The summed E-state index contributed by atoms with van der Waals surface area (Å²) in [5.74, 6) is -0.124. The molecule has 1 aliphatic rings. The van der Waals surface area contributed by atoms with Gasteiger partial charge in [0, 0.05) is 38.4 Å². The van der Waals surface area contributed by atoms with E-state index in [0.29, 0.717) is 13.1 Å². The number of piperidine rings is 1. The maximum atomic E-state index is 12.3. The van der Waals surface area contributed by atoms with Crippen molar-refractivity contribution in [1.82, 2.24) is 14.0 Å². The number of carbonyl (C=O) groups excluding carboxylic acids is 1. The zero-order valence-electron chi connectivity index (χ0n) is 11.6. The molecule has 1 aromatic rings. The Hall–Kier alpha value is -1.89. The molecule has 2 rings (SSSR count). The van der Waals surface area contributed by atoms with Crippen LogP contribution in [0.2, 0.25) is 0 Å². The molecule has 7 nitrogen and oxygen atoms in total. The average Bonchev–Trinajstić information content (AvgIpc) is 2.47. The Morgan fingerprint density at radius 3 is 2.85 bits per heavy atom. The Bertz CT molecular complexity index is 604. The molecule has 1 fully saturated rings. The molecule has 0 aromatic carbocycles. The molecular formula is C13H20N4O3. The zero-order chi connectivity index (χ0) is 14.7. The molecule has 0 bridgehead atoms. The first-order chi connectivity index (χ1) is 9.54. The van der Waals surface area contributed by atoms with Crippen molar-refractivity contribution in [2.75, 3.05) is 13.1 Å². The Morgan fingerprint density at radius 1 is 1.40 bits per heavy atom. The van der Waals surface area contributed by atoms with Crippen LogP contribution in [-0.2, 0) is 18.4 Å². The van der Waals surface area contributed by atoms with E-state index in [1.165, 1.54) is 23.9 Å². The van der Waals surface area contributed by atoms with E-state index in [1.807, 2.05) is 0 Å². The third-order valence-corrected chi connectivity index (χ3v) is 3.79. The molecule has 1 aliphatic heterocycles. The minimum absolute atomic E-state index is 0.0521. The summed E-state index contributed by atoms with van der Waals surface area (Å²) in [6.07, 6.45) is 4.31. The molecule has 0 aliphatic carbocycles. The molecule has 20 heavy (non-hydrogen) atoms. The second kappa shape index (κ2) is 6.04. The van der Waals surface area contributed by atoms with Crippen LogP contribution in [0, 0.1) is 0 Å². The van der Waals surface area contributed by atoms with Gasteiger partial charge in [0.1, 0.15) is 6.54 Å². The van der Waals surface area contributed by atoms with E-state index < -0.39 is 5.69 Å². The number of hydrogen-bond acceptors (Lipinski definition) is 4. The number of nitrogens with two attached hydrogens (primary N) is 1. The van der Waals surface area contributed by atoms with Gasteiger partial charge in [-0.25, -0.2) is 4.79 Å². The largest absolute Gasteiger partial charge is 0.337 e. The monoisotopic (exact) mass is 280 g/mol. The topological polar surface area (TPSA) is 90.3 Å². The first kappa shape index (κ1) is 14.5. The smallest absolute Gasteiger partial charge is 0.331 e.